The van der Waals surface area contributed by atoms with Crippen LogP contribution in [0.15, 0.2) is 78.9 Å². The predicted molar refractivity (Wildman–Crippen MR) is 139 cm³/mol. The van der Waals surface area contributed by atoms with Crippen LogP contribution in [0.4, 0.5) is 11.4 Å². The van der Waals surface area contributed by atoms with E-state index in [0.29, 0.717) is 23.6 Å². The number of benzene rings is 3. The molecule has 0 saturated heterocycles. The van der Waals surface area contributed by atoms with Crippen LogP contribution >= 0.6 is 7.37 Å². The number of methoxy groups -OCH3 is 1. The first kappa shape index (κ1) is 24.9. The van der Waals surface area contributed by atoms with Gasteiger partial charge in [-0.1, -0.05) is 50.2 Å². The fraction of sp³-hybridized carbons (Fsp3) is 0.333. The predicted octanol–water partition coefficient (Wildman–Crippen LogP) is 6.54. The van der Waals surface area contributed by atoms with Gasteiger partial charge in [-0.15, -0.1) is 0 Å². The van der Waals surface area contributed by atoms with E-state index in [2.05, 4.69) is 19.2 Å². The molecule has 3 aromatic rings. The van der Waals surface area contributed by atoms with Crippen LogP contribution in [0.3, 0.4) is 0 Å². The van der Waals surface area contributed by atoms with Crippen molar-refractivity contribution in [1.29, 1.82) is 0 Å². The number of hydrogen-bond donors (Lipinski definition) is 1. The molecule has 0 heterocycles. The number of ether oxygens (including phenoxy) is 1. The van der Waals surface area contributed by atoms with Crippen molar-refractivity contribution >= 4 is 24.0 Å². The summed E-state index contributed by atoms with van der Waals surface area (Å²) in [6, 6.07) is 25.3. The minimum atomic E-state index is -3.43. The molecule has 3 rings (SSSR count). The van der Waals surface area contributed by atoms with Crippen LogP contribution < -0.4 is 20.3 Å². The molecule has 0 fully saturated rings. The lowest BCUT2D eigenvalue weighted by Crippen LogP contribution is -2.22. The van der Waals surface area contributed by atoms with E-state index in [1.807, 2.05) is 97.9 Å². The third-order valence-electron chi connectivity index (χ3n) is 5.55. The van der Waals surface area contributed by atoms with Crippen LogP contribution in [-0.4, -0.2) is 27.8 Å². The fourth-order valence-corrected chi connectivity index (χ4v) is 6.05. The standard InChI is InChI=1S/C27H35N2O3P/c1-21(2)19-20-32-33(30,24-17-15-23(16-18-24)29(3)4)27(28-22-11-7-6-8-12-22)25-13-9-10-14-26(25)31-5/h6-18,21,27-28H,19-20H2,1-5H3. The molecule has 0 aliphatic carbocycles. The SMILES string of the molecule is COc1ccccc1C(Nc1ccccc1)P(=O)(OCCC(C)C)c1ccc(N(C)C)cc1. The van der Waals surface area contributed by atoms with Crippen molar-refractivity contribution in [3.05, 3.63) is 84.4 Å². The molecule has 0 saturated carbocycles. The molecular formula is C27H35N2O3P. The van der Waals surface area contributed by atoms with Gasteiger partial charge in [0.05, 0.1) is 13.7 Å². The first-order chi connectivity index (χ1) is 15.8. The van der Waals surface area contributed by atoms with Crippen molar-refractivity contribution < 1.29 is 13.8 Å². The van der Waals surface area contributed by atoms with Crippen molar-refractivity contribution in [2.45, 2.75) is 26.1 Å². The van der Waals surface area contributed by atoms with Crippen molar-refractivity contribution in [3.63, 3.8) is 0 Å². The summed E-state index contributed by atoms with van der Waals surface area (Å²) in [5, 5.41) is 4.18. The molecule has 0 radical (unpaired) electrons. The van der Waals surface area contributed by atoms with Crippen molar-refractivity contribution in [2.24, 2.45) is 5.92 Å². The molecule has 2 unspecified atom stereocenters. The topological polar surface area (TPSA) is 50.8 Å². The third-order valence-corrected chi connectivity index (χ3v) is 8.23. The Balaban J connectivity index is 2.14. The summed E-state index contributed by atoms with van der Waals surface area (Å²) < 4.78 is 26.9. The molecule has 0 bridgehead atoms. The number of rotatable bonds is 11. The average molecular weight is 467 g/mol. The first-order valence-electron chi connectivity index (χ1n) is 11.3. The quantitative estimate of drug-likeness (QED) is 0.325. The van der Waals surface area contributed by atoms with E-state index < -0.39 is 13.2 Å². The number of nitrogens with zero attached hydrogens (tertiary/aromatic N) is 1. The van der Waals surface area contributed by atoms with E-state index in [1.54, 1.807) is 7.11 Å². The van der Waals surface area contributed by atoms with E-state index in [-0.39, 0.29) is 0 Å². The van der Waals surface area contributed by atoms with Crippen LogP contribution in [0, 0.1) is 5.92 Å². The van der Waals surface area contributed by atoms with Gasteiger partial charge in [0.1, 0.15) is 11.5 Å². The minimum absolute atomic E-state index is 0.409. The Kier molecular flexibility index (Phi) is 8.60. The van der Waals surface area contributed by atoms with E-state index in [4.69, 9.17) is 9.26 Å². The summed E-state index contributed by atoms with van der Waals surface area (Å²) in [6.45, 7) is 4.69. The van der Waals surface area contributed by atoms with Crippen molar-refractivity contribution in [2.75, 3.05) is 38.0 Å². The van der Waals surface area contributed by atoms with Crippen LogP contribution in [0.5, 0.6) is 5.75 Å². The van der Waals surface area contributed by atoms with Gasteiger partial charge in [0, 0.05) is 36.3 Å². The van der Waals surface area contributed by atoms with Crippen molar-refractivity contribution in [1.82, 2.24) is 0 Å². The largest absolute Gasteiger partial charge is 0.496 e. The minimum Gasteiger partial charge on any atom is -0.496 e. The number of anilines is 2. The van der Waals surface area contributed by atoms with Gasteiger partial charge in [0.2, 0.25) is 0 Å². The van der Waals surface area contributed by atoms with Gasteiger partial charge >= 0.3 is 0 Å². The van der Waals surface area contributed by atoms with Gasteiger partial charge < -0.3 is 19.5 Å². The Labute approximate surface area is 198 Å². The number of nitrogens with one attached hydrogen (secondary N) is 1. The Morgan fingerprint density at radius 3 is 2.15 bits per heavy atom. The smallest absolute Gasteiger partial charge is 0.258 e. The summed E-state index contributed by atoms with van der Waals surface area (Å²) in [6.07, 6.45) is 0.823. The van der Waals surface area contributed by atoms with Crippen molar-refractivity contribution in [3.8, 4) is 5.75 Å². The zero-order chi connectivity index (χ0) is 23.8. The maximum atomic E-state index is 14.9. The van der Waals surface area contributed by atoms with E-state index in [1.165, 1.54) is 0 Å². The monoisotopic (exact) mass is 466 g/mol. The molecule has 1 N–H and O–H groups in total. The summed E-state index contributed by atoms with van der Waals surface area (Å²) in [4.78, 5) is 2.02. The molecular weight excluding hydrogens is 431 g/mol. The molecule has 3 aromatic carbocycles. The zero-order valence-electron chi connectivity index (χ0n) is 20.2. The highest BCUT2D eigenvalue weighted by molar-refractivity contribution is 7.67. The maximum absolute atomic E-state index is 14.9. The number of hydrogen-bond acceptors (Lipinski definition) is 5. The van der Waals surface area contributed by atoms with Crippen LogP contribution in [0.1, 0.15) is 31.6 Å². The van der Waals surface area contributed by atoms with Gasteiger partial charge in [-0.3, -0.25) is 4.57 Å². The van der Waals surface area contributed by atoms with Crippen LogP contribution in [0.2, 0.25) is 0 Å². The molecule has 0 aromatic heterocycles. The maximum Gasteiger partial charge on any atom is 0.258 e. The van der Waals surface area contributed by atoms with Gasteiger partial charge in [-0.2, -0.15) is 0 Å². The lowest BCUT2D eigenvalue weighted by Gasteiger charge is -2.31. The Morgan fingerprint density at radius 2 is 1.55 bits per heavy atom. The molecule has 5 nitrogen and oxygen atoms in total. The second-order valence-electron chi connectivity index (χ2n) is 8.68. The molecule has 0 amide bonds. The Morgan fingerprint density at radius 1 is 0.909 bits per heavy atom. The van der Waals surface area contributed by atoms with Crippen LogP contribution in [0.25, 0.3) is 0 Å². The lowest BCUT2D eigenvalue weighted by molar-refractivity contribution is 0.289. The highest BCUT2D eigenvalue weighted by Crippen LogP contribution is 2.60. The third kappa shape index (κ3) is 6.19. The normalized spacial score (nSPS) is 13.9. The summed E-state index contributed by atoms with van der Waals surface area (Å²) in [5.41, 5.74) is 2.71. The lowest BCUT2D eigenvalue weighted by atomic mass is 10.2. The fourth-order valence-electron chi connectivity index (χ4n) is 3.61. The Hall–Kier alpha value is -2.75. The van der Waals surface area contributed by atoms with Crippen LogP contribution in [-0.2, 0) is 9.09 Å². The molecule has 0 spiro atoms. The van der Waals surface area contributed by atoms with E-state index in [0.717, 1.165) is 23.4 Å². The van der Waals surface area contributed by atoms with Gasteiger partial charge in [0.25, 0.3) is 7.37 Å². The van der Waals surface area contributed by atoms with E-state index >= 15 is 0 Å². The second kappa shape index (κ2) is 11.4. The van der Waals surface area contributed by atoms with Gasteiger partial charge in [-0.05, 0) is 54.8 Å². The highest BCUT2D eigenvalue weighted by Gasteiger charge is 2.39. The number of para-hydroxylation sites is 2. The van der Waals surface area contributed by atoms with Gasteiger partial charge in [0.15, 0.2) is 0 Å². The molecule has 33 heavy (non-hydrogen) atoms. The second-order valence-corrected chi connectivity index (χ2v) is 11.2. The van der Waals surface area contributed by atoms with E-state index in [9.17, 15) is 4.57 Å². The zero-order valence-corrected chi connectivity index (χ0v) is 21.1. The molecule has 6 heteroatoms. The summed E-state index contributed by atoms with van der Waals surface area (Å²) >= 11 is 0. The van der Waals surface area contributed by atoms with Gasteiger partial charge in [-0.25, -0.2) is 0 Å². The molecule has 0 aliphatic rings. The summed E-state index contributed by atoms with van der Waals surface area (Å²) in [7, 11) is 2.19. The first-order valence-corrected chi connectivity index (χ1v) is 13.0. The molecule has 176 valence electrons. The highest BCUT2D eigenvalue weighted by atomic mass is 31.2. The summed E-state index contributed by atoms with van der Waals surface area (Å²) in [5.74, 6) is 0.498. The molecule has 0 aliphatic heterocycles. The average Bonchev–Trinajstić information content (AvgIpc) is 2.83. The molecule has 2 atom stereocenters. The Bertz CT molecular complexity index is 1050.